The highest BCUT2D eigenvalue weighted by Crippen LogP contribution is 2.42. The fourth-order valence-electron chi connectivity index (χ4n) is 5.48. The Morgan fingerprint density at radius 1 is 0.810 bits per heavy atom. The van der Waals surface area contributed by atoms with Gasteiger partial charge >= 0.3 is 0 Å². The molecule has 10 nitrogen and oxygen atoms in total. The van der Waals surface area contributed by atoms with E-state index >= 15 is 0 Å². The summed E-state index contributed by atoms with van der Waals surface area (Å²) in [6, 6.07) is 17.9. The van der Waals surface area contributed by atoms with E-state index < -0.39 is 17.9 Å². The second-order valence-corrected chi connectivity index (χ2v) is 11.7. The molecule has 0 aromatic heterocycles. The Hall–Kier alpha value is -2.44. The van der Waals surface area contributed by atoms with Gasteiger partial charge in [0.2, 0.25) is 0 Å². The molecule has 0 bridgehead atoms. The third-order valence-electron chi connectivity index (χ3n) is 7.56. The highest BCUT2D eigenvalue weighted by Gasteiger charge is 2.58. The van der Waals surface area contributed by atoms with Crippen molar-refractivity contribution in [3.8, 4) is 0 Å². The Bertz CT molecular complexity index is 1140. The van der Waals surface area contributed by atoms with Crippen molar-refractivity contribution in [2.75, 3.05) is 44.4 Å². The van der Waals surface area contributed by atoms with E-state index in [4.69, 9.17) is 33.2 Å². The van der Waals surface area contributed by atoms with Gasteiger partial charge in [0.25, 0.3) is 0 Å². The monoisotopic (exact) mass is 583 g/mol. The van der Waals surface area contributed by atoms with Crippen LogP contribution in [0.5, 0.6) is 0 Å². The van der Waals surface area contributed by atoms with Crippen molar-refractivity contribution in [3.05, 3.63) is 54.6 Å². The molecular weight excluding hydrogens is 538 g/mol. The van der Waals surface area contributed by atoms with E-state index in [1.807, 2.05) is 70.2 Å². The van der Waals surface area contributed by atoms with Crippen LogP contribution in [0.2, 0.25) is 0 Å². The van der Waals surface area contributed by atoms with Crippen LogP contribution in [0.15, 0.2) is 64.8 Å². The fourth-order valence-corrected chi connectivity index (χ4v) is 5.48. The van der Waals surface area contributed by atoms with Crippen molar-refractivity contribution in [2.45, 2.75) is 89.7 Å². The average Bonchev–Trinajstić information content (AvgIpc) is 3.60. The quantitative estimate of drug-likeness (QED) is 0.194. The second-order valence-electron chi connectivity index (χ2n) is 11.7. The number of rotatable bonds is 14. The van der Waals surface area contributed by atoms with Crippen molar-refractivity contribution in [3.63, 3.8) is 0 Å². The molecule has 0 aliphatic carbocycles. The number of likely N-dealkylation sites (N-methyl/N-ethyl adjacent to an activating group) is 1. The van der Waals surface area contributed by atoms with Crippen LogP contribution in [-0.4, -0.2) is 81.8 Å². The summed E-state index contributed by atoms with van der Waals surface area (Å²) in [6.07, 6.45) is 0.176. The van der Waals surface area contributed by atoms with Crippen LogP contribution in [0.25, 0.3) is 0 Å². The van der Waals surface area contributed by atoms with Crippen LogP contribution in [0, 0.1) is 0 Å². The van der Waals surface area contributed by atoms with Gasteiger partial charge in [-0.3, -0.25) is 0 Å². The van der Waals surface area contributed by atoms with Gasteiger partial charge in [0.1, 0.15) is 24.4 Å². The highest BCUT2D eigenvalue weighted by molar-refractivity contribution is 5.52. The summed E-state index contributed by atoms with van der Waals surface area (Å²) in [5.74, 6) is -1.34. The van der Waals surface area contributed by atoms with Crippen LogP contribution >= 0.6 is 0 Å². The van der Waals surface area contributed by atoms with Gasteiger partial charge in [0.05, 0.1) is 24.6 Å². The minimum atomic E-state index is -0.704. The smallest absolute Gasteiger partial charge is 0.190 e. The summed E-state index contributed by atoms with van der Waals surface area (Å²) in [5, 5.41) is 8.62. The van der Waals surface area contributed by atoms with E-state index in [1.54, 1.807) is 0 Å². The van der Waals surface area contributed by atoms with Crippen LogP contribution in [0.1, 0.15) is 47.5 Å². The van der Waals surface area contributed by atoms with Crippen LogP contribution in [0.3, 0.4) is 0 Å². The molecule has 2 aromatic carbocycles. The Balaban J connectivity index is 1.00. The number of ether oxygens (including phenoxy) is 7. The number of unbranched alkanes of at least 4 members (excludes halogenated alkanes) is 1. The summed E-state index contributed by atoms with van der Waals surface area (Å²) >= 11 is 0. The number of benzene rings is 2. The molecule has 0 radical (unpaired) electrons. The van der Waals surface area contributed by atoms with Gasteiger partial charge in [0.15, 0.2) is 17.9 Å². The molecule has 3 fully saturated rings. The lowest BCUT2D eigenvalue weighted by molar-refractivity contribution is -0.236. The number of nitrogens with zero attached hydrogens (tertiary/aromatic N) is 3. The minimum absolute atomic E-state index is 0.231. The van der Waals surface area contributed by atoms with Gasteiger partial charge in [-0.25, -0.2) is 0 Å². The van der Waals surface area contributed by atoms with Crippen molar-refractivity contribution in [1.29, 1.82) is 0 Å². The van der Waals surface area contributed by atoms with E-state index in [9.17, 15) is 0 Å². The third kappa shape index (κ3) is 8.13. The molecule has 42 heavy (non-hydrogen) atoms. The van der Waals surface area contributed by atoms with Gasteiger partial charge in [0, 0.05) is 32.0 Å². The fraction of sp³-hybridized carbons (Fsp3) is 0.625. The standard InChI is InChI=1S/C32H45N3O7/c1-6-35(25-16-14-24(15-17-25)34-33-23-12-8-7-9-13-23)18-21-36-19-10-11-20-37-28-27(26-22-38-31(2,3)40-26)39-30-29(28)41-32(4,5)42-30/h7-9,12-17,26-30H,6,10-11,18-22H2,1-5H3/b34-33+/t26-,27-,28+,29+,30-/m1/s1. The van der Waals surface area contributed by atoms with E-state index in [0.717, 1.165) is 43.0 Å². The Labute approximate surface area is 249 Å². The molecule has 2 aromatic rings. The lowest BCUT2D eigenvalue weighted by Crippen LogP contribution is -2.44. The predicted octanol–water partition coefficient (Wildman–Crippen LogP) is 6.14. The van der Waals surface area contributed by atoms with Crippen molar-refractivity contribution >= 4 is 17.1 Å². The maximum Gasteiger partial charge on any atom is 0.190 e. The Morgan fingerprint density at radius 3 is 2.21 bits per heavy atom. The molecule has 3 heterocycles. The molecule has 10 heteroatoms. The molecular formula is C32H45N3O7. The van der Waals surface area contributed by atoms with E-state index in [-0.39, 0.29) is 24.4 Å². The molecule has 5 rings (SSSR count). The molecule has 230 valence electrons. The normalized spacial score (nSPS) is 28.0. The summed E-state index contributed by atoms with van der Waals surface area (Å²) < 4.78 is 42.4. The Morgan fingerprint density at radius 2 is 1.52 bits per heavy atom. The minimum Gasteiger partial charge on any atom is -0.380 e. The largest absolute Gasteiger partial charge is 0.380 e. The van der Waals surface area contributed by atoms with Crippen molar-refractivity contribution in [1.82, 2.24) is 0 Å². The first kappa shape index (κ1) is 31.0. The first-order chi connectivity index (χ1) is 20.2. The summed E-state index contributed by atoms with van der Waals surface area (Å²) in [4.78, 5) is 2.29. The molecule has 3 aliphatic rings. The summed E-state index contributed by atoms with van der Waals surface area (Å²) in [6.45, 7) is 13.8. The number of hydrogen-bond acceptors (Lipinski definition) is 10. The molecule has 0 N–H and O–H groups in total. The third-order valence-corrected chi connectivity index (χ3v) is 7.56. The maximum atomic E-state index is 6.33. The molecule has 3 saturated heterocycles. The second kappa shape index (κ2) is 13.9. The number of fused-ring (bicyclic) bond motifs is 1. The molecule has 0 amide bonds. The zero-order chi connectivity index (χ0) is 29.6. The number of azo groups is 1. The lowest BCUT2D eigenvalue weighted by Gasteiger charge is -2.29. The van der Waals surface area contributed by atoms with E-state index in [0.29, 0.717) is 26.4 Å². The molecule has 0 saturated carbocycles. The zero-order valence-electron chi connectivity index (χ0n) is 25.4. The van der Waals surface area contributed by atoms with Crippen LogP contribution in [-0.2, 0) is 33.2 Å². The summed E-state index contributed by atoms with van der Waals surface area (Å²) in [5.41, 5.74) is 2.80. The topological polar surface area (TPSA) is 92.6 Å². The van der Waals surface area contributed by atoms with Crippen molar-refractivity contribution in [2.24, 2.45) is 10.2 Å². The van der Waals surface area contributed by atoms with Crippen LogP contribution < -0.4 is 4.90 Å². The van der Waals surface area contributed by atoms with Crippen LogP contribution in [0.4, 0.5) is 17.1 Å². The molecule has 0 unspecified atom stereocenters. The molecule has 5 atom stereocenters. The molecule has 0 spiro atoms. The van der Waals surface area contributed by atoms with Crippen molar-refractivity contribution < 1.29 is 33.2 Å². The lowest BCUT2D eigenvalue weighted by atomic mass is 10.1. The average molecular weight is 584 g/mol. The van der Waals surface area contributed by atoms with Gasteiger partial charge in [-0.15, -0.1) is 0 Å². The van der Waals surface area contributed by atoms with Gasteiger partial charge in [-0.1, -0.05) is 18.2 Å². The zero-order valence-corrected chi connectivity index (χ0v) is 25.4. The van der Waals surface area contributed by atoms with Gasteiger partial charge in [-0.05, 0) is 83.9 Å². The SMILES string of the molecule is CCN(CCOCCCCO[C@@H]1[C@@H]2OC(C)(C)O[C@H]2O[C@@H]1[C@H]1COC(C)(C)O1)c1ccc(/N=N/c2ccccc2)cc1. The van der Waals surface area contributed by atoms with Gasteiger partial charge < -0.3 is 38.1 Å². The number of hydrogen-bond donors (Lipinski definition) is 0. The first-order valence-electron chi connectivity index (χ1n) is 15.1. The maximum absolute atomic E-state index is 6.33. The Kier molecular flexibility index (Phi) is 10.3. The van der Waals surface area contributed by atoms with Gasteiger partial charge in [-0.2, -0.15) is 10.2 Å². The van der Waals surface area contributed by atoms with E-state index in [1.165, 1.54) is 0 Å². The predicted molar refractivity (Wildman–Crippen MR) is 158 cm³/mol. The first-order valence-corrected chi connectivity index (χ1v) is 15.1. The highest BCUT2D eigenvalue weighted by atomic mass is 16.8. The number of anilines is 1. The van der Waals surface area contributed by atoms with E-state index in [2.05, 4.69) is 34.2 Å². The molecule has 3 aliphatic heterocycles. The summed E-state index contributed by atoms with van der Waals surface area (Å²) in [7, 11) is 0.